The first kappa shape index (κ1) is 32.9. The van der Waals surface area contributed by atoms with E-state index in [1.54, 1.807) is 18.2 Å². The van der Waals surface area contributed by atoms with Crippen molar-refractivity contribution in [2.75, 3.05) is 25.1 Å². The first-order chi connectivity index (χ1) is 21.6. The molecule has 1 amide bonds. The van der Waals surface area contributed by atoms with Crippen molar-refractivity contribution in [2.24, 2.45) is 0 Å². The Kier molecular flexibility index (Phi) is 8.84. The van der Waals surface area contributed by atoms with Gasteiger partial charge in [-0.15, -0.1) is 0 Å². The van der Waals surface area contributed by atoms with Crippen molar-refractivity contribution in [1.82, 2.24) is 9.88 Å². The number of carbonyl (C=O) groups is 2. The number of carboxylic acids is 1. The van der Waals surface area contributed by atoms with Gasteiger partial charge in [0.1, 0.15) is 17.7 Å². The number of methoxy groups -OCH3 is 1. The fourth-order valence-electron chi connectivity index (χ4n) is 5.73. The maximum atomic E-state index is 13.6. The quantitative estimate of drug-likeness (QED) is 0.241. The second-order valence-electron chi connectivity index (χ2n) is 11.4. The number of ether oxygens (including phenoxy) is 2. The summed E-state index contributed by atoms with van der Waals surface area (Å²) >= 11 is 0. The molecule has 1 N–H and O–H groups in total. The number of cyclic esters (lactones) is 1. The van der Waals surface area contributed by atoms with Crippen molar-refractivity contribution in [3.8, 4) is 16.9 Å². The molecule has 2 fully saturated rings. The number of rotatable bonds is 9. The summed E-state index contributed by atoms with van der Waals surface area (Å²) in [6, 6.07) is 7.32. The first-order valence-electron chi connectivity index (χ1n) is 14.5. The lowest BCUT2D eigenvalue weighted by atomic mass is 9.94. The topological polar surface area (TPSA) is 92.2 Å². The molecule has 5 rings (SSSR count). The molecule has 246 valence electrons. The third-order valence-electron chi connectivity index (χ3n) is 8.27. The van der Waals surface area contributed by atoms with Crippen LogP contribution in [0, 0.1) is 6.92 Å². The highest BCUT2D eigenvalue weighted by molar-refractivity contribution is 5.78. The number of hydrogen-bond donors (Lipinski definition) is 1. The summed E-state index contributed by atoms with van der Waals surface area (Å²) in [4.78, 5) is 32.6. The van der Waals surface area contributed by atoms with Gasteiger partial charge < -0.3 is 19.5 Å². The minimum absolute atomic E-state index is 0.0287. The maximum Gasteiger partial charge on any atom is 0.416 e. The Morgan fingerprint density at radius 1 is 1.04 bits per heavy atom. The summed E-state index contributed by atoms with van der Waals surface area (Å²) in [5.41, 5.74) is -0.367. The van der Waals surface area contributed by atoms with Crippen molar-refractivity contribution in [3.63, 3.8) is 0 Å². The van der Waals surface area contributed by atoms with Crippen LogP contribution < -0.4 is 9.64 Å². The van der Waals surface area contributed by atoms with E-state index >= 15 is 0 Å². The van der Waals surface area contributed by atoms with Crippen LogP contribution in [0.2, 0.25) is 0 Å². The smallest absolute Gasteiger partial charge is 0.416 e. The van der Waals surface area contributed by atoms with Gasteiger partial charge in [-0.25, -0.2) is 9.78 Å². The van der Waals surface area contributed by atoms with E-state index in [0.717, 1.165) is 30.6 Å². The monoisotopic (exact) mass is 651 g/mol. The van der Waals surface area contributed by atoms with E-state index < -0.39 is 53.3 Å². The lowest BCUT2D eigenvalue weighted by Gasteiger charge is -2.33. The molecule has 2 aliphatic heterocycles. The Morgan fingerprint density at radius 3 is 2.24 bits per heavy atom. The molecule has 0 aliphatic carbocycles. The Morgan fingerprint density at radius 2 is 1.70 bits per heavy atom. The van der Waals surface area contributed by atoms with Crippen LogP contribution in [0.5, 0.6) is 5.75 Å². The van der Waals surface area contributed by atoms with Crippen molar-refractivity contribution < 1.29 is 50.5 Å². The Hall–Kier alpha value is -4.49. The van der Waals surface area contributed by atoms with Gasteiger partial charge in [0.15, 0.2) is 0 Å². The second kappa shape index (κ2) is 12.4. The van der Waals surface area contributed by atoms with E-state index in [9.17, 15) is 41.0 Å². The molecular weight excluding hydrogens is 620 g/mol. The molecule has 46 heavy (non-hydrogen) atoms. The normalized spacial score (nSPS) is 18.4. The number of halogens is 6. The summed E-state index contributed by atoms with van der Waals surface area (Å²) in [5, 5.41) is 9.18. The van der Waals surface area contributed by atoms with Gasteiger partial charge in [0.25, 0.3) is 0 Å². The molecule has 2 atom stereocenters. The van der Waals surface area contributed by atoms with Gasteiger partial charge in [0.2, 0.25) is 0 Å². The first-order valence-corrected chi connectivity index (χ1v) is 14.5. The third-order valence-corrected chi connectivity index (χ3v) is 8.27. The number of nitrogens with zero attached hydrogens (tertiary/aromatic N) is 3. The maximum absolute atomic E-state index is 13.6. The van der Waals surface area contributed by atoms with Crippen LogP contribution in [0.15, 0.2) is 42.5 Å². The highest BCUT2D eigenvalue weighted by atomic mass is 19.4. The zero-order chi connectivity index (χ0) is 33.6. The van der Waals surface area contributed by atoms with Crippen LogP contribution in [0.3, 0.4) is 0 Å². The second-order valence-corrected chi connectivity index (χ2v) is 11.4. The third kappa shape index (κ3) is 6.70. The number of aliphatic carboxylic acids is 1. The summed E-state index contributed by atoms with van der Waals surface area (Å²) < 4.78 is 92.5. The minimum atomic E-state index is -5.06. The van der Waals surface area contributed by atoms with Crippen molar-refractivity contribution in [2.45, 2.75) is 64.2 Å². The van der Waals surface area contributed by atoms with E-state index in [2.05, 4.69) is 0 Å². The number of pyridine rings is 1. The largest absolute Gasteiger partial charge is 0.496 e. The number of hydrogen-bond acceptors (Lipinski definition) is 6. The molecule has 0 spiro atoms. The van der Waals surface area contributed by atoms with Crippen molar-refractivity contribution >= 4 is 17.9 Å². The van der Waals surface area contributed by atoms with Gasteiger partial charge >= 0.3 is 24.4 Å². The molecule has 2 aliphatic rings. The predicted octanol–water partition coefficient (Wildman–Crippen LogP) is 7.41. The number of carbonyl (C=O) groups excluding carboxylic acids is 1. The number of carboxylic acid groups (broad SMARTS) is 1. The van der Waals surface area contributed by atoms with Gasteiger partial charge in [-0.1, -0.05) is 6.07 Å². The van der Waals surface area contributed by atoms with Crippen LogP contribution in [0.4, 0.5) is 37.0 Å². The summed E-state index contributed by atoms with van der Waals surface area (Å²) in [5.74, 6) is 0.141. The number of aryl methyl sites for hydroxylation is 2. The number of anilines is 1. The summed E-state index contributed by atoms with van der Waals surface area (Å²) in [7, 11) is 1.47. The molecule has 1 aromatic heterocycles. The van der Waals surface area contributed by atoms with Gasteiger partial charge in [0, 0.05) is 30.6 Å². The van der Waals surface area contributed by atoms with Gasteiger partial charge in [-0.2, -0.15) is 26.3 Å². The molecule has 2 saturated heterocycles. The fourth-order valence-corrected chi connectivity index (χ4v) is 5.73. The molecule has 0 bridgehead atoms. The molecule has 8 nitrogen and oxygen atoms in total. The van der Waals surface area contributed by atoms with E-state index in [1.165, 1.54) is 18.9 Å². The zero-order valence-electron chi connectivity index (χ0n) is 25.1. The van der Waals surface area contributed by atoms with Crippen LogP contribution >= 0.6 is 0 Å². The van der Waals surface area contributed by atoms with E-state index in [4.69, 9.17) is 14.5 Å². The average molecular weight is 652 g/mol. The van der Waals surface area contributed by atoms with Crippen molar-refractivity contribution in [1.29, 1.82) is 0 Å². The van der Waals surface area contributed by atoms with Crippen LogP contribution in [-0.4, -0.2) is 53.3 Å². The number of aromatic nitrogens is 1. The SMILES string of the molecule is COc1ccc(CCC(=O)O)cc1-c1c(C)cc(N2CCC2)nc1CN1C(=O)O[C@H](c2cc(C(F)(F)F)cc(C(F)(F)F)c2)[C@@H]1C. The van der Waals surface area contributed by atoms with E-state index in [0.29, 0.717) is 40.5 Å². The van der Waals surface area contributed by atoms with E-state index in [1.807, 2.05) is 17.9 Å². The molecule has 0 saturated carbocycles. The zero-order valence-corrected chi connectivity index (χ0v) is 25.1. The molecular formula is C32H31F6N3O5. The van der Waals surface area contributed by atoms with Gasteiger partial charge in [-0.05, 0) is 79.8 Å². The lowest BCUT2D eigenvalue weighted by Crippen LogP contribution is -2.38. The van der Waals surface area contributed by atoms with Gasteiger partial charge in [-0.3, -0.25) is 9.69 Å². The average Bonchev–Trinajstić information content (AvgIpc) is 3.22. The summed E-state index contributed by atoms with van der Waals surface area (Å²) in [6.45, 7) is 4.69. The van der Waals surface area contributed by atoms with Crippen molar-refractivity contribution in [3.05, 3.63) is 76.0 Å². The highest BCUT2D eigenvalue weighted by Crippen LogP contribution is 2.43. The molecule has 2 aromatic carbocycles. The highest BCUT2D eigenvalue weighted by Gasteiger charge is 2.44. The molecule has 14 heteroatoms. The van der Waals surface area contributed by atoms with Gasteiger partial charge in [0.05, 0.1) is 36.5 Å². The molecule has 0 radical (unpaired) electrons. The number of alkyl halides is 6. The fraction of sp³-hybridized carbons (Fsp3) is 0.406. The number of amides is 1. The molecule has 0 unspecified atom stereocenters. The summed E-state index contributed by atoms with van der Waals surface area (Å²) in [6.07, 6.45) is -11.4. The van der Waals surface area contributed by atoms with Crippen LogP contribution in [0.1, 0.15) is 59.4 Å². The number of benzene rings is 2. The Labute approximate surface area is 260 Å². The lowest BCUT2D eigenvalue weighted by molar-refractivity contribution is -0.143. The Balaban J connectivity index is 1.56. The standard InChI is InChI=1S/C32H31F6N3O5/c1-17-11-26(40-9-4-10-40)39-24(28(17)23-12-19(6-8-27(42)43)5-7-25(23)45-3)16-41-18(2)29(46-30(41)44)20-13-21(31(33,34)35)15-22(14-20)32(36,37)38/h5,7,11-15,18,29H,4,6,8-10,16H2,1-3H3,(H,42,43)/t18-,29-/m0/s1. The van der Waals surface area contributed by atoms with E-state index in [-0.39, 0.29) is 25.5 Å². The van der Waals surface area contributed by atoms with Crippen LogP contribution in [0.25, 0.3) is 11.1 Å². The molecule has 3 heterocycles. The Bertz CT molecular complexity index is 1620. The molecule has 3 aromatic rings. The minimum Gasteiger partial charge on any atom is -0.496 e. The van der Waals surface area contributed by atoms with Crippen LogP contribution in [-0.2, 0) is 34.8 Å². The predicted molar refractivity (Wildman–Crippen MR) is 154 cm³/mol.